The first kappa shape index (κ1) is 8.06. The van der Waals surface area contributed by atoms with Crippen LogP contribution in [0.25, 0.3) is 0 Å². The minimum absolute atomic E-state index is 1.02. The summed E-state index contributed by atoms with van der Waals surface area (Å²) in [6.07, 6.45) is 3.43. The minimum atomic E-state index is 1.02. The van der Waals surface area contributed by atoms with Crippen molar-refractivity contribution in [1.82, 2.24) is 5.32 Å². The largest absolute Gasteiger partial charge is 0.343 e. The van der Waals surface area contributed by atoms with Crippen LogP contribution in [0, 0.1) is 0 Å². The van der Waals surface area contributed by atoms with Crippen LogP contribution in [-0.2, 0) is 6.42 Å². The molecule has 2 heteroatoms. The predicted octanol–water partition coefficient (Wildman–Crippen LogP) is 1.54. The van der Waals surface area contributed by atoms with Gasteiger partial charge in [-0.15, -0.1) is 0 Å². The third-order valence-corrected chi connectivity index (χ3v) is 3.01. The molecule has 14 heavy (non-hydrogen) atoms. The first-order valence-corrected chi connectivity index (χ1v) is 5.20. The highest BCUT2D eigenvalue weighted by Crippen LogP contribution is 2.29. The Balaban J connectivity index is 2.05. The molecule has 1 saturated heterocycles. The van der Waals surface area contributed by atoms with Gasteiger partial charge in [0.1, 0.15) is 0 Å². The SMILES string of the molecule is C1=C2CNCCN2c2ccccc2C1. The zero-order chi connectivity index (χ0) is 9.38. The Bertz CT molecular complexity index is 382. The fraction of sp³-hybridized carbons (Fsp3) is 0.333. The van der Waals surface area contributed by atoms with Crippen LogP contribution in [0.1, 0.15) is 5.56 Å². The lowest BCUT2D eigenvalue weighted by atomic mass is 10.0. The van der Waals surface area contributed by atoms with E-state index in [2.05, 4.69) is 40.6 Å². The van der Waals surface area contributed by atoms with E-state index < -0.39 is 0 Å². The van der Waals surface area contributed by atoms with Gasteiger partial charge in [0.2, 0.25) is 0 Å². The Morgan fingerprint density at radius 3 is 3.14 bits per heavy atom. The van der Waals surface area contributed by atoms with Gasteiger partial charge in [-0.25, -0.2) is 0 Å². The van der Waals surface area contributed by atoms with Gasteiger partial charge in [-0.3, -0.25) is 0 Å². The predicted molar refractivity (Wildman–Crippen MR) is 58.4 cm³/mol. The molecule has 0 atom stereocenters. The molecule has 0 bridgehead atoms. The zero-order valence-electron chi connectivity index (χ0n) is 8.16. The van der Waals surface area contributed by atoms with Gasteiger partial charge >= 0.3 is 0 Å². The number of hydrogen-bond donors (Lipinski definition) is 1. The van der Waals surface area contributed by atoms with Crippen molar-refractivity contribution in [3.63, 3.8) is 0 Å². The molecular weight excluding hydrogens is 172 g/mol. The molecule has 0 aromatic heterocycles. The summed E-state index contributed by atoms with van der Waals surface area (Å²) in [5.41, 5.74) is 4.31. The molecule has 0 saturated carbocycles. The van der Waals surface area contributed by atoms with E-state index >= 15 is 0 Å². The highest BCUT2D eigenvalue weighted by molar-refractivity contribution is 5.62. The Morgan fingerprint density at radius 1 is 1.21 bits per heavy atom. The van der Waals surface area contributed by atoms with E-state index in [0.29, 0.717) is 0 Å². The van der Waals surface area contributed by atoms with Crippen LogP contribution in [-0.4, -0.2) is 19.6 Å². The van der Waals surface area contributed by atoms with E-state index in [-0.39, 0.29) is 0 Å². The molecule has 2 nitrogen and oxygen atoms in total. The molecule has 0 spiro atoms. The smallest absolute Gasteiger partial charge is 0.0444 e. The van der Waals surface area contributed by atoms with Crippen LogP contribution in [0.3, 0.4) is 0 Å². The number of nitrogens with zero attached hydrogens (tertiary/aromatic N) is 1. The van der Waals surface area contributed by atoms with E-state index in [0.717, 1.165) is 26.1 Å². The maximum absolute atomic E-state index is 3.40. The van der Waals surface area contributed by atoms with Gasteiger partial charge in [0, 0.05) is 31.0 Å². The number of benzene rings is 1. The number of allylic oxidation sites excluding steroid dienone is 1. The molecule has 1 aromatic carbocycles. The average molecular weight is 186 g/mol. The van der Waals surface area contributed by atoms with E-state index in [1.807, 2.05) is 0 Å². The first-order chi connectivity index (χ1) is 6.95. The lowest BCUT2D eigenvalue weighted by molar-refractivity contribution is 0.637. The molecule has 1 aromatic rings. The summed E-state index contributed by atoms with van der Waals surface area (Å²) in [5.74, 6) is 0. The van der Waals surface area contributed by atoms with Crippen molar-refractivity contribution in [2.45, 2.75) is 6.42 Å². The van der Waals surface area contributed by atoms with Crippen molar-refractivity contribution < 1.29 is 0 Å². The summed E-state index contributed by atoms with van der Waals surface area (Å²) >= 11 is 0. The van der Waals surface area contributed by atoms with Crippen LogP contribution in [0.4, 0.5) is 5.69 Å². The number of piperazine rings is 1. The van der Waals surface area contributed by atoms with Gasteiger partial charge in [0.25, 0.3) is 0 Å². The van der Waals surface area contributed by atoms with Crippen molar-refractivity contribution in [1.29, 1.82) is 0 Å². The average Bonchev–Trinajstić information content (AvgIpc) is 2.29. The van der Waals surface area contributed by atoms with E-state index in [1.54, 1.807) is 0 Å². The van der Waals surface area contributed by atoms with Crippen LogP contribution < -0.4 is 10.2 Å². The number of anilines is 1. The second kappa shape index (κ2) is 3.14. The van der Waals surface area contributed by atoms with Gasteiger partial charge in [0.15, 0.2) is 0 Å². The summed E-state index contributed by atoms with van der Waals surface area (Å²) in [5, 5.41) is 3.40. The van der Waals surface area contributed by atoms with E-state index in [4.69, 9.17) is 0 Å². The Hall–Kier alpha value is -1.28. The van der Waals surface area contributed by atoms with Crippen molar-refractivity contribution in [2.75, 3.05) is 24.5 Å². The molecule has 0 aliphatic carbocycles. The lowest BCUT2D eigenvalue weighted by Crippen LogP contribution is -2.43. The highest BCUT2D eigenvalue weighted by Gasteiger charge is 2.21. The molecule has 3 rings (SSSR count). The normalized spacial score (nSPS) is 19.7. The van der Waals surface area contributed by atoms with Crippen molar-refractivity contribution >= 4 is 5.69 Å². The van der Waals surface area contributed by atoms with Crippen molar-refractivity contribution in [3.05, 3.63) is 41.6 Å². The summed E-state index contributed by atoms with van der Waals surface area (Å²) in [6.45, 7) is 3.21. The summed E-state index contributed by atoms with van der Waals surface area (Å²) in [6, 6.07) is 8.71. The zero-order valence-corrected chi connectivity index (χ0v) is 8.16. The van der Waals surface area contributed by atoms with Crippen molar-refractivity contribution in [3.8, 4) is 0 Å². The summed E-state index contributed by atoms with van der Waals surface area (Å²) < 4.78 is 0. The van der Waals surface area contributed by atoms with Gasteiger partial charge in [-0.1, -0.05) is 24.3 Å². The fourth-order valence-electron chi connectivity index (χ4n) is 2.28. The molecule has 0 radical (unpaired) electrons. The second-order valence-electron chi connectivity index (χ2n) is 3.86. The minimum Gasteiger partial charge on any atom is -0.343 e. The Kier molecular flexibility index (Phi) is 1.81. The third kappa shape index (κ3) is 1.15. The first-order valence-electron chi connectivity index (χ1n) is 5.20. The third-order valence-electron chi connectivity index (χ3n) is 3.01. The standard InChI is InChI=1S/C12H14N2/c1-2-4-12-10(3-1)5-6-11-9-13-7-8-14(11)12/h1-4,6,13H,5,7-9H2. The van der Waals surface area contributed by atoms with E-state index in [9.17, 15) is 0 Å². The molecule has 2 aliphatic heterocycles. The molecule has 2 aliphatic rings. The van der Waals surface area contributed by atoms with Crippen molar-refractivity contribution in [2.24, 2.45) is 0 Å². The number of para-hydroxylation sites is 1. The monoisotopic (exact) mass is 186 g/mol. The van der Waals surface area contributed by atoms with Crippen LogP contribution in [0.2, 0.25) is 0 Å². The second-order valence-corrected chi connectivity index (χ2v) is 3.86. The van der Waals surface area contributed by atoms with Crippen LogP contribution >= 0.6 is 0 Å². The summed E-state index contributed by atoms with van der Waals surface area (Å²) in [4.78, 5) is 2.44. The van der Waals surface area contributed by atoms with Gasteiger partial charge in [-0.05, 0) is 18.1 Å². The molecule has 0 amide bonds. The number of hydrogen-bond acceptors (Lipinski definition) is 2. The Labute approximate surface area is 84.2 Å². The number of fused-ring (bicyclic) bond motifs is 3. The highest BCUT2D eigenvalue weighted by atomic mass is 15.2. The van der Waals surface area contributed by atoms with E-state index in [1.165, 1.54) is 16.9 Å². The molecule has 1 N–H and O–H groups in total. The quantitative estimate of drug-likeness (QED) is 0.661. The maximum Gasteiger partial charge on any atom is 0.0444 e. The molecular formula is C12H14N2. The maximum atomic E-state index is 3.40. The topological polar surface area (TPSA) is 15.3 Å². The van der Waals surface area contributed by atoms with Gasteiger partial charge < -0.3 is 10.2 Å². The summed E-state index contributed by atoms with van der Waals surface area (Å²) in [7, 11) is 0. The molecule has 1 fully saturated rings. The number of rotatable bonds is 0. The van der Waals surface area contributed by atoms with Gasteiger partial charge in [0.05, 0.1) is 0 Å². The van der Waals surface area contributed by atoms with Crippen LogP contribution in [0.15, 0.2) is 36.0 Å². The Morgan fingerprint density at radius 2 is 2.14 bits per heavy atom. The lowest BCUT2D eigenvalue weighted by Gasteiger charge is -2.36. The van der Waals surface area contributed by atoms with Gasteiger partial charge in [-0.2, -0.15) is 0 Å². The molecule has 72 valence electrons. The number of nitrogens with one attached hydrogen (secondary N) is 1. The fourth-order valence-corrected chi connectivity index (χ4v) is 2.28. The van der Waals surface area contributed by atoms with Crippen LogP contribution in [0.5, 0.6) is 0 Å². The molecule has 0 unspecified atom stereocenters. The molecule has 2 heterocycles.